The molecule has 0 amide bonds. The molecule has 0 radical (unpaired) electrons. The van der Waals surface area contributed by atoms with Crippen molar-refractivity contribution in [1.82, 2.24) is 14.9 Å². The van der Waals surface area contributed by atoms with Gasteiger partial charge in [0.25, 0.3) is 0 Å². The first-order chi connectivity index (χ1) is 9.74. The lowest BCUT2D eigenvalue weighted by Crippen LogP contribution is -2.14. The lowest BCUT2D eigenvalue weighted by molar-refractivity contribution is -0.0165. The first-order valence-corrected chi connectivity index (χ1v) is 5.74. The van der Waals surface area contributed by atoms with Gasteiger partial charge in [0.05, 0.1) is 18.4 Å². The molecule has 3 rings (SSSR count). The third-order valence-corrected chi connectivity index (χ3v) is 2.72. The Balaban J connectivity index is 2.03. The minimum atomic E-state index is -1.02. The molecular weight excluding hydrogens is 264 g/mol. The van der Waals surface area contributed by atoms with E-state index in [1.54, 1.807) is 0 Å². The Morgan fingerprint density at radius 1 is 1.40 bits per heavy atom. The standard InChI is InChI=1S/C12H10N4O4/c17-12(18)8-1-9(3-15-16-5-13-14-6-16)11-10(2-8)4-19-7-20-11/h1-3,5-6H,4,7H2,(H,17,18)/b15-3-. The van der Waals surface area contributed by atoms with Crippen LogP contribution in [0, 0.1) is 0 Å². The number of fused-ring (bicyclic) bond motifs is 1. The predicted molar refractivity (Wildman–Crippen MR) is 66.7 cm³/mol. The molecule has 102 valence electrons. The van der Waals surface area contributed by atoms with Crippen LogP contribution in [-0.4, -0.2) is 39.0 Å². The molecule has 0 aliphatic carbocycles. The summed E-state index contributed by atoms with van der Waals surface area (Å²) in [5.74, 6) is -0.435. The van der Waals surface area contributed by atoms with Gasteiger partial charge in [-0.15, -0.1) is 10.2 Å². The summed E-state index contributed by atoms with van der Waals surface area (Å²) in [4.78, 5) is 11.1. The Labute approximate surface area is 113 Å². The van der Waals surface area contributed by atoms with E-state index >= 15 is 0 Å². The second kappa shape index (κ2) is 5.10. The average molecular weight is 274 g/mol. The van der Waals surface area contributed by atoms with Crippen LogP contribution in [0.3, 0.4) is 0 Å². The molecular formula is C12H10N4O4. The SMILES string of the molecule is O=C(O)c1cc(/C=N\n2cnnc2)c2c(c1)COCO2. The van der Waals surface area contributed by atoms with E-state index in [9.17, 15) is 4.79 Å². The van der Waals surface area contributed by atoms with Gasteiger partial charge < -0.3 is 14.6 Å². The second-order valence-corrected chi connectivity index (χ2v) is 4.06. The van der Waals surface area contributed by atoms with Gasteiger partial charge in [-0.3, -0.25) is 0 Å². The van der Waals surface area contributed by atoms with Crippen molar-refractivity contribution in [3.8, 4) is 5.75 Å². The number of hydrogen-bond acceptors (Lipinski definition) is 6. The topological polar surface area (TPSA) is 98.8 Å². The van der Waals surface area contributed by atoms with E-state index in [-0.39, 0.29) is 12.4 Å². The zero-order valence-corrected chi connectivity index (χ0v) is 10.3. The van der Waals surface area contributed by atoms with Gasteiger partial charge in [-0.2, -0.15) is 5.10 Å². The smallest absolute Gasteiger partial charge is 0.335 e. The number of rotatable bonds is 3. The molecule has 8 heteroatoms. The zero-order valence-electron chi connectivity index (χ0n) is 10.3. The normalized spacial score (nSPS) is 14.0. The van der Waals surface area contributed by atoms with Crippen molar-refractivity contribution in [1.29, 1.82) is 0 Å². The molecule has 0 unspecified atom stereocenters. The molecule has 0 bridgehead atoms. The number of hydrogen-bond donors (Lipinski definition) is 1. The molecule has 0 atom stereocenters. The number of carboxylic acids is 1. The van der Waals surface area contributed by atoms with Gasteiger partial charge in [0.1, 0.15) is 18.4 Å². The van der Waals surface area contributed by atoms with E-state index in [0.717, 1.165) is 0 Å². The molecule has 1 aromatic heterocycles. The van der Waals surface area contributed by atoms with Gasteiger partial charge in [0.2, 0.25) is 0 Å². The van der Waals surface area contributed by atoms with Crippen molar-refractivity contribution in [3.05, 3.63) is 41.5 Å². The molecule has 0 spiro atoms. The Morgan fingerprint density at radius 3 is 2.95 bits per heavy atom. The van der Waals surface area contributed by atoms with Crippen molar-refractivity contribution in [2.24, 2.45) is 5.10 Å². The van der Waals surface area contributed by atoms with E-state index in [4.69, 9.17) is 14.6 Å². The van der Waals surface area contributed by atoms with Crippen LogP contribution in [-0.2, 0) is 11.3 Å². The first kappa shape index (κ1) is 12.3. The van der Waals surface area contributed by atoms with Crippen LogP contribution >= 0.6 is 0 Å². The molecule has 2 heterocycles. The van der Waals surface area contributed by atoms with Gasteiger partial charge in [0.15, 0.2) is 6.79 Å². The highest BCUT2D eigenvalue weighted by Gasteiger charge is 2.18. The van der Waals surface area contributed by atoms with E-state index in [1.165, 1.54) is 35.7 Å². The van der Waals surface area contributed by atoms with Crippen LogP contribution < -0.4 is 4.74 Å². The highest BCUT2D eigenvalue weighted by atomic mass is 16.7. The van der Waals surface area contributed by atoms with Crippen LogP contribution in [0.15, 0.2) is 29.9 Å². The predicted octanol–water partition coefficient (Wildman–Crippen LogP) is 0.725. The van der Waals surface area contributed by atoms with Crippen molar-refractivity contribution >= 4 is 12.2 Å². The number of aromatic carboxylic acids is 1. The molecule has 8 nitrogen and oxygen atoms in total. The summed E-state index contributed by atoms with van der Waals surface area (Å²) in [6, 6.07) is 3.04. The highest BCUT2D eigenvalue weighted by molar-refractivity contribution is 5.93. The summed E-state index contributed by atoms with van der Waals surface area (Å²) in [5, 5.41) is 20.5. The maximum Gasteiger partial charge on any atom is 0.335 e. The first-order valence-electron chi connectivity index (χ1n) is 5.74. The van der Waals surface area contributed by atoms with Crippen LogP contribution in [0.1, 0.15) is 21.5 Å². The number of carboxylic acid groups (broad SMARTS) is 1. The summed E-state index contributed by atoms with van der Waals surface area (Å²) in [6.07, 6.45) is 4.35. The lowest BCUT2D eigenvalue weighted by atomic mass is 10.0. The summed E-state index contributed by atoms with van der Waals surface area (Å²) in [7, 11) is 0. The fourth-order valence-corrected chi connectivity index (χ4v) is 1.85. The van der Waals surface area contributed by atoms with Gasteiger partial charge in [0, 0.05) is 11.1 Å². The average Bonchev–Trinajstić information content (AvgIpc) is 2.97. The molecule has 0 saturated carbocycles. The van der Waals surface area contributed by atoms with Crippen molar-refractivity contribution in [2.45, 2.75) is 6.61 Å². The van der Waals surface area contributed by atoms with Crippen molar-refractivity contribution in [2.75, 3.05) is 6.79 Å². The summed E-state index contributed by atoms with van der Waals surface area (Å²) in [5.41, 5.74) is 1.40. The Kier molecular flexibility index (Phi) is 3.13. The van der Waals surface area contributed by atoms with Gasteiger partial charge in [-0.25, -0.2) is 9.47 Å². The molecule has 1 aromatic carbocycles. The third-order valence-electron chi connectivity index (χ3n) is 2.72. The van der Waals surface area contributed by atoms with Crippen LogP contribution in [0.2, 0.25) is 0 Å². The van der Waals surface area contributed by atoms with E-state index < -0.39 is 5.97 Å². The number of nitrogens with zero attached hydrogens (tertiary/aromatic N) is 4. The Bertz CT molecular complexity index is 666. The summed E-state index contributed by atoms with van der Waals surface area (Å²) >= 11 is 0. The number of aromatic nitrogens is 3. The Hall–Kier alpha value is -2.74. The van der Waals surface area contributed by atoms with Crippen molar-refractivity contribution in [3.63, 3.8) is 0 Å². The highest BCUT2D eigenvalue weighted by Crippen LogP contribution is 2.28. The largest absolute Gasteiger partial charge is 0.478 e. The third kappa shape index (κ3) is 2.36. The molecule has 20 heavy (non-hydrogen) atoms. The second-order valence-electron chi connectivity index (χ2n) is 4.06. The van der Waals surface area contributed by atoms with E-state index in [0.29, 0.717) is 23.5 Å². The minimum Gasteiger partial charge on any atom is -0.478 e. The minimum absolute atomic E-state index is 0.132. The molecule has 1 aliphatic heterocycles. The van der Waals surface area contributed by atoms with Gasteiger partial charge in [-0.1, -0.05) is 0 Å². The maximum absolute atomic E-state index is 11.1. The van der Waals surface area contributed by atoms with E-state index in [1.807, 2.05) is 0 Å². The van der Waals surface area contributed by atoms with Crippen LogP contribution in [0.4, 0.5) is 0 Å². The molecule has 2 aromatic rings. The van der Waals surface area contributed by atoms with E-state index in [2.05, 4.69) is 15.3 Å². The van der Waals surface area contributed by atoms with Crippen molar-refractivity contribution < 1.29 is 19.4 Å². The molecule has 0 saturated heterocycles. The van der Waals surface area contributed by atoms with Crippen LogP contribution in [0.25, 0.3) is 0 Å². The van der Waals surface area contributed by atoms with Crippen LogP contribution in [0.5, 0.6) is 5.75 Å². The lowest BCUT2D eigenvalue weighted by Gasteiger charge is -2.19. The van der Waals surface area contributed by atoms with Gasteiger partial charge >= 0.3 is 5.97 Å². The fraction of sp³-hybridized carbons (Fsp3) is 0.167. The summed E-state index contributed by atoms with van der Waals surface area (Å²) in [6.45, 7) is 0.441. The zero-order chi connectivity index (χ0) is 13.9. The quantitative estimate of drug-likeness (QED) is 0.828. The molecule has 1 aliphatic rings. The Morgan fingerprint density at radius 2 is 2.20 bits per heavy atom. The molecule has 1 N–H and O–H groups in total. The number of ether oxygens (including phenoxy) is 2. The van der Waals surface area contributed by atoms with Gasteiger partial charge in [-0.05, 0) is 12.1 Å². The molecule has 0 fully saturated rings. The maximum atomic E-state index is 11.1. The fourth-order valence-electron chi connectivity index (χ4n) is 1.85. The number of carbonyl (C=O) groups is 1. The monoisotopic (exact) mass is 274 g/mol. The number of benzene rings is 1. The summed E-state index contributed by atoms with van der Waals surface area (Å²) < 4.78 is 12.0.